The number of primary amides is 1. The van der Waals surface area contributed by atoms with Gasteiger partial charge in [0.15, 0.2) is 0 Å². The normalized spacial score (nSPS) is 12.7. The maximum Gasteiger partial charge on any atom is 0.243 e. The quantitative estimate of drug-likeness (QED) is 0.592. The summed E-state index contributed by atoms with van der Waals surface area (Å²) in [6, 6.07) is 15.1. The highest BCUT2D eigenvalue weighted by molar-refractivity contribution is 9.10. The molecule has 0 unspecified atom stereocenters. The van der Waals surface area contributed by atoms with E-state index in [1.165, 1.54) is 6.92 Å². The lowest BCUT2D eigenvalue weighted by Gasteiger charge is -2.22. The van der Waals surface area contributed by atoms with Gasteiger partial charge in [-0.25, -0.2) is 0 Å². The first-order chi connectivity index (χ1) is 12.8. The SMILES string of the molecule is CC(=O)N[C@H](Cc1ccccc1)C(=O)N[C@@H](Cc1ccc(Br)cc1)C(N)=O. The fourth-order valence-electron chi connectivity index (χ4n) is 2.66. The molecule has 0 fully saturated rings. The Bertz CT molecular complexity index is 794. The van der Waals surface area contributed by atoms with Crippen LogP contribution in [0.3, 0.4) is 0 Å². The monoisotopic (exact) mass is 431 g/mol. The summed E-state index contributed by atoms with van der Waals surface area (Å²) in [6.45, 7) is 1.35. The van der Waals surface area contributed by atoms with Crippen molar-refractivity contribution < 1.29 is 14.4 Å². The molecule has 0 aliphatic rings. The highest BCUT2D eigenvalue weighted by atomic mass is 79.9. The zero-order valence-electron chi connectivity index (χ0n) is 14.9. The molecule has 2 aromatic carbocycles. The first-order valence-corrected chi connectivity index (χ1v) is 9.29. The second-order valence-corrected chi connectivity index (χ2v) is 7.15. The van der Waals surface area contributed by atoms with E-state index in [2.05, 4.69) is 26.6 Å². The molecule has 6 nitrogen and oxygen atoms in total. The number of rotatable bonds is 8. The van der Waals surface area contributed by atoms with E-state index in [1.54, 1.807) is 0 Å². The first-order valence-electron chi connectivity index (χ1n) is 8.50. The number of carbonyl (C=O) groups excluding carboxylic acids is 3. The zero-order chi connectivity index (χ0) is 19.8. The van der Waals surface area contributed by atoms with Crippen LogP contribution < -0.4 is 16.4 Å². The molecule has 27 heavy (non-hydrogen) atoms. The smallest absolute Gasteiger partial charge is 0.243 e. The minimum absolute atomic E-state index is 0.270. The molecule has 0 bridgehead atoms. The third-order valence-electron chi connectivity index (χ3n) is 3.99. The molecule has 0 saturated carbocycles. The molecule has 4 N–H and O–H groups in total. The second kappa shape index (κ2) is 9.87. The number of nitrogens with one attached hydrogen (secondary N) is 2. The van der Waals surface area contributed by atoms with Gasteiger partial charge in [0.1, 0.15) is 12.1 Å². The van der Waals surface area contributed by atoms with E-state index in [4.69, 9.17) is 5.73 Å². The summed E-state index contributed by atoms with van der Waals surface area (Å²) in [7, 11) is 0. The molecule has 2 rings (SSSR count). The summed E-state index contributed by atoms with van der Waals surface area (Å²) in [5, 5.41) is 5.30. The van der Waals surface area contributed by atoms with Crippen LogP contribution in [0.25, 0.3) is 0 Å². The minimum Gasteiger partial charge on any atom is -0.368 e. The summed E-state index contributed by atoms with van der Waals surface area (Å²) in [5.41, 5.74) is 7.23. The molecule has 0 saturated heterocycles. The molecule has 0 aliphatic heterocycles. The topological polar surface area (TPSA) is 101 Å². The largest absolute Gasteiger partial charge is 0.368 e. The third kappa shape index (κ3) is 6.86. The lowest BCUT2D eigenvalue weighted by atomic mass is 10.0. The highest BCUT2D eigenvalue weighted by Crippen LogP contribution is 2.12. The van der Waals surface area contributed by atoms with Gasteiger partial charge in [0.2, 0.25) is 17.7 Å². The Hall–Kier alpha value is -2.67. The Kier molecular flexibility index (Phi) is 7.55. The molecule has 2 atom stereocenters. The molecule has 2 aromatic rings. The van der Waals surface area contributed by atoms with Crippen LogP contribution in [0.4, 0.5) is 0 Å². The van der Waals surface area contributed by atoms with Crippen molar-refractivity contribution >= 4 is 33.7 Å². The van der Waals surface area contributed by atoms with Gasteiger partial charge in [-0.1, -0.05) is 58.4 Å². The van der Waals surface area contributed by atoms with E-state index in [9.17, 15) is 14.4 Å². The number of benzene rings is 2. The highest BCUT2D eigenvalue weighted by Gasteiger charge is 2.25. The lowest BCUT2D eigenvalue weighted by molar-refractivity contribution is -0.130. The van der Waals surface area contributed by atoms with Crippen LogP contribution in [-0.4, -0.2) is 29.8 Å². The van der Waals surface area contributed by atoms with E-state index in [1.807, 2.05) is 54.6 Å². The van der Waals surface area contributed by atoms with E-state index in [0.29, 0.717) is 6.42 Å². The van der Waals surface area contributed by atoms with Crippen LogP contribution >= 0.6 is 15.9 Å². The maximum absolute atomic E-state index is 12.7. The number of halogens is 1. The Morgan fingerprint density at radius 2 is 1.44 bits per heavy atom. The average molecular weight is 432 g/mol. The van der Waals surface area contributed by atoms with Crippen molar-refractivity contribution in [1.82, 2.24) is 10.6 Å². The van der Waals surface area contributed by atoms with Gasteiger partial charge in [0, 0.05) is 24.2 Å². The van der Waals surface area contributed by atoms with Gasteiger partial charge in [0.05, 0.1) is 0 Å². The Morgan fingerprint density at radius 1 is 0.889 bits per heavy atom. The van der Waals surface area contributed by atoms with E-state index >= 15 is 0 Å². The molecular weight excluding hydrogens is 410 g/mol. The maximum atomic E-state index is 12.7. The first kappa shape index (κ1) is 20.6. The van der Waals surface area contributed by atoms with Crippen molar-refractivity contribution in [2.75, 3.05) is 0 Å². The number of carbonyl (C=O) groups is 3. The van der Waals surface area contributed by atoms with Crippen LogP contribution in [0, 0.1) is 0 Å². The van der Waals surface area contributed by atoms with Crippen molar-refractivity contribution in [2.24, 2.45) is 5.73 Å². The third-order valence-corrected chi connectivity index (χ3v) is 4.52. The summed E-state index contributed by atoms with van der Waals surface area (Å²) in [5.74, 6) is -1.41. The Balaban J connectivity index is 2.10. The number of hydrogen-bond donors (Lipinski definition) is 3. The average Bonchev–Trinajstić information content (AvgIpc) is 2.62. The van der Waals surface area contributed by atoms with Crippen molar-refractivity contribution in [2.45, 2.75) is 31.8 Å². The summed E-state index contributed by atoms with van der Waals surface area (Å²) < 4.78 is 0.916. The van der Waals surface area contributed by atoms with Crippen molar-refractivity contribution in [1.29, 1.82) is 0 Å². The van der Waals surface area contributed by atoms with Gasteiger partial charge < -0.3 is 16.4 Å². The van der Waals surface area contributed by atoms with E-state index in [-0.39, 0.29) is 12.3 Å². The lowest BCUT2D eigenvalue weighted by Crippen LogP contribution is -2.54. The molecule has 142 valence electrons. The van der Waals surface area contributed by atoms with Crippen LogP contribution in [0.5, 0.6) is 0 Å². The van der Waals surface area contributed by atoms with Gasteiger partial charge in [-0.2, -0.15) is 0 Å². The molecule has 7 heteroatoms. The fourth-order valence-corrected chi connectivity index (χ4v) is 2.92. The molecule has 0 aliphatic carbocycles. The van der Waals surface area contributed by atoms with Crippen LogP contribution in [0.1, 0.15) is 18.1 Å². The number of nitrogens with two attached hydrogens (primary N) is 1. The number of amides is 3. The van der Waals surface area contributed by atoms with Crippen LogP contribution in [0.15, 0.2) is 59.1 Å². The Labute approximate surface area is 166 Å². The van der Waals surface area contributed by atoms with Gasteiger partial charge in [-0.15, -0.1) is 0 Å². The fraction of sp³-hybridized carbons (Fsp3) is 0.250. The van der Waals surface area contributed by atoms with Crippen molar-refractivity contribution in [3.8, 4) is 0 Å². The van der Waals surface area contributed by atoms with Gasteiger partial charge >= 0.3 is 0 Å². The van der Waals surface area contributed by atoms with Crippen molar-refractivity contribution in [3.63, 3.8) is 0 Å². The molecular formula is C20H22BrN3O3. The molecule has 3 amide bonds. The van der Waals surface area contributed by atoms with Gasteiger partial charge in [-0.05, 0) is 23.3 Å². The summed E-state index contributed by atoms with van der Waals surface area (Å²) >= 11 is 3.35. The zero-order valence-corrected chi connectivity index (χ0v) is 16.5. The summed E-state index contributed by atoms with van der Waals surface area (Å²) in [4.78, 5) is 36.0. The predicted molar refractivity (Wildman–Crippen MR) is 107 cm³/mol. The van der Waals surface area contributed by atoms with E-state index < -0.39 is 23.9 Å². The van der Waals surface area contributed by atoms with Gasteiger partial charge in [0.25, 0.3) is 0 Å². The summed E-state index contributed by atoms with van der Waals surface area (Å²) in [6.07, 6.45) is 0.586. The Morgan fingerprint density at radius 3 is 2.00 bits per heavy atom. The number of hydrogen-bond acceptors (Lipinski definition) is 3. The standard InChI is InChI=1S/C20H22BrN3O3/c1-13(25)23-18(12-14-5-3-2-4-6-14)20(27)24-17(19(22)26)11-15-7-9-16(21)10-8-15/h2-10,17-18H,11-12H2,1H3,(H2,22,26)(H,23,25)(H,24,27)/t17-,18+/m0/s1. The van der Waals surface area contributed by atoms with Crippen molar-refractivity contribution in [3.05, 3.63) is 70.2 Å². The minimum atomic E-state index is -0.870. The predicted octanol–water partition coefficient (Wildman–Crippen LogP) is 1.71. The van der Waals surface area contributed by atoms with Crippen LogP contribution in [-0.2, 0) is 27.2 Å². The van der Waals surface area contributed by atoms with E-state index in [0.717, 1.165) is 15.6 Å². The second-order valence-electron chi connectivity index (χ2n) is 6.24. The molecule has 0 radical (unpaired) electrons. The molecule has 0 spiro atoms. The van der Waals surface area contributed by atoms with Crippen LogP contribution in [0.2, 0.25) is 0 Å². The molecule has 0 heterocycles. The molecule has 0 aromatic heterocycles. The van der Waals surface area contributed by atoms with Gasteiger partial charge in [-0.3, -0.25) is 14.4 Å².